The van der Waals surface area contributed by atoms with E-state index in [1.807, 2.05) is 4.90 Å². The normalized spacial score (nSPS) is 22.9. The molecule has 1 unspecified atom stereocenters. The SMILES string of the molecule is CC(C)C1CCCN1C(=O)c1n[nH]c2c1CNCC2. The molecule has 2 aliphatic rings. The van der Waals surface area contributed by atoms with Crippen molar-refractivity contribution in [1.29, 1.82) is 0 Å². The number of hydrogen-bond donors (Lipinski definition) is 2. The molecule has 3 rings (SSSR count). The highest BCUT2D eigenvalue weighted by Crippen LogP contribution is 2.27. The van der Waals surface area contributed by atoms with Crippen LogP contribution in [-0.2, 0) is 13.0 Å². The van der Waals surface area contributed by atoms with E-state index in [0.717, 1.165) is 50.2 Å². The number of nitrogens with zero attached hydrogens (tertiary/aromatic N) is 2. The molecule has 19 heavy (non-hydrogen) atoms. The van der Waals surface area contributed by atoms with Gasteiger partial charge >= 0.3 is 0 Å². The van der Waals surface area contributed by atoms with Crippen molar-refractivity contribution < 1.29 is 4.79 Å². The molecule has 0 bridgehead atoms. The number of amides is 1. The van der Waals surface area contributed by atoms with E-state index in [1.54, 1.807) is 0 Å². The fourth-order valence-electron chi connectivity index (χ4n) is 3.28. The van der Waals surface area contributed by atoms with Crippen LogP contribution in [0.2, 0.25) is 0 Å². The number of nitrogens with one attached hydrogen (secondary N) is 2. The average molecular weight is 262 g/mol. The van der Waals surface area contributed by atoms with E-state index in [0.29, 0.717) is 17.7 Å². The lowest BCUT2D eigenvalue weighted by Gasteiger charge is -2.27. The number of fused-ring (bicyclic) bond motifs is 1. The zero-order valence-electron chi connectivity index (χ0n) is 11.7. The smallest absolute Gasteiger partial charge is 0.274 e. The van der Waals surface area contributed by atoms with Crippen LogP contribution in [-0.4, -0.2) is 40.1 Å². The van der Waals surface area contributed by atoms with E-state index in [2.05, 4.69) is 29.4 Å². The molecule has 1 fully saturated rings. The van der Waals surface area contributed by atoms with Gasteiger partial charge in [0, 0.05) is 43.4 Å². The third-order valence-electron chi connectivity index (χ3n) is 4.34. The van der Waals surface area contributed by atoms with E-state index in [-0.39, 0.29) is 5.91 Å². The third kappa shape index (κ3) is 2.16. The Morgan fingerprint density at radius 2 is 2.32 bits per heavy atom. The van der Waals surface area contributed by atoms with Gasteiger partial charge < -0.3 is 10.2 Å². The summed E-state index contributed by atoms with van der Waals surface area (Å²) in [5.74, 6) is 0.622. The van der Waals surface area contributed by atoms with Gasteiger partial charge in [0.2, 0.25) is 0 Å². The molecule has 2 N–H and O–H groups in total. The summed E-state index contributed by atoms with van der Waals surface area (Å²) in [4.78, 5) is 14.7. The maximum atomic E-state index is 12.7. The second-order valence-corrected chi connectivity index (χ2v) is 5.91. The molecule has 3 heterocycles. The number of rotatable bonds is 2. The van der Waals surface area contributed by atoms with Crippen LogP contribution in [0.5, 0.6) is 0 Å². The molecule has 1 atom stereocenters. The maximum Gasteiger partial charge on any atom is 0.274 e. The fourth-order valence-corrected chi connectivity index (χ4v) is 3.28. The molecule has 0 aromatic carbocycles. The average Bonchev–Trinajstić information content (AvgIpc) is 3.05. The maximum absolute atomic E-state index is 12.7. The summed E-state index contributed by atoms with van der Waals surface area (Å²) >= 11 is 0. The first-order valence-corrected chi connectivity index (χ1v) is 7.26. The number of aromatic nitrogens is 2. The Balaban J connectivity index is 1.86. The Labute approximate surface area is 113 Å². The lowest BCUT2D eigenvalue weighted by atomic mass is 10.0. The van der Waals surface area contributed by atoms with Gasteiger partial charge in [-0.1, -0.05) is 13.8 Å². The van der Waals surface area contributed by atoms with Gasteiger partial charge in [0.1, 0.15) is 0 Å². The number of likely N-dealkylation sites (tertiary alicyclic amines) is 1. The summed E-state index contributed by atoms with van der Waals surface area (Å²) in [5.41, 5.74) is 2.84. The molecule has 1 aromatic rings. The largest absolute Gasteiger partial charge is 0.334 e. The molecule has 1 saturated heterocycles. The van der Waals surface area contributed by atoms with Crippen LogP contribution in [0.15, 0.2) is 0 Å². The number of H-pyrrole nitrogens is 1. The van der Waals surface area contributed by atoms with Crippen molar-refractivity contribution in [2.24, 2.45) is 5.92 Å². The monoisotopic (exact) mass is 262 g/mol. The predicted octanol–water partition coefficient (Wildman–Crippen LogP) is 1.32. The van der Waals surface area contributed by atoms with Crippen LogP contribution in [0, 0.1) is 5.92 Å². The molecule has 1 aromatic heterocycles. The Hall–Kier alpha value is -1.36. The van der Waals surface area contributed by atoms with Crippen molar-refractivity contribution in [3.63, 3.8) is 0 Å². The van der Waals surface area contributed by atoms with Gasteiger partial charge in [0.05, 0.1) is 0 Å². The third-order valence-corrected chi connectivity index (χ3v) is 4.34. The van der Waals surface area contributed by atoms with Crippen molar-refractivity contribution >= 4 is 5.91 Å². The minimum atomic E-state index is 0.109. The molecular weight excluding hydrogens is 240 g/mol. The molecule has 0 spiro atoms. The Morgan fingerprint density at radius 3 is 3.11 bits per heavy atom. The van der Waals surface area contributed by atoms with Crippen molar-refractivity contribution in [1.82, 2.24) is 20.4 Å². The zero-order valence-corrected chi connectivity index (χ0v) is 11.7. The Bertz CT molecular complexity index is 480. The molecular formula is C14H22N4O. The highest BCUT2D eigenvalue weighted by atomic mass is 16.2. The Kier molecular flexibility index (Phi) is 3.31. The van der Waals surface area contributed by atoms with Crippen molar-refractivity contribution in [2.75, 3.05) is 13.1 Å². The topological polar surface area (TPSA) is 61.0 Å². The van der Waals surface area contributed by atoms with E-state index >= 15 is 0 Å². The van der Waals surface area contributed by atoms with Crippen LogP contribution in [0.1, 0.15) is 48.4 Å². The van der Waals surface area contributed by atoms with E-state index < -0.39 is 0 Å². The van der Waals surface area contributed by atoms with Crippen molar-refractivity contribution in [3.05, 3.63) is 17.0 Å². The predicted molar refractivity (Wildman–Crippen MR) is 72.9 cm³/mol. The number of carbonyl (C=O) groups is 1. The lowest BCUT2D eigenvalue weighted by Crippen LogP contribution is -2.39. The van der Waals surface area contributed by atoms with Gasteiger partial charge in [-0.15, -0.1) is 0 Å². The zero-order chi connectivity index (χ0) is 13.4. The quantitative estimate of drug-likeness (QED) is 0.845. The van der Waals surface area contributed by atoms with Gasteiger partial charge in [-0.2, -0.15) is 5.10 Å². The fraction of sp³-hybridized carbons (Fsp3) is 0.714. The van der Waals surface area contributed by atoms with E-state index in [4.69, 9.17) is 0 Å². The first kappa shape index (κ1) is 12.7. The highest BCUT2D eigenvalue weighted by molar-refractivity contribution is 5.94. The summed E-state index contributed by atoms with van der Waals surface area (Å²) in [6, 6.07) is 0.372. The van der Waals surface area contributed by atoms with Crippen molar-refractivity contribution in [2.45, 2.75) is 45.7 Å². The molecule has 1 amide bonds. The number of carbonyl (C=O) groups excluding carboxylic acids is 1. The summed E-state index contributed by atoms with van der Waals surface area (Å²) in [7, 11) is 0. The van der Waals surface area contributed by atoms with Gasteiger partial charge in [-0.25, -0.2) is 0 Å². The first-order valence-electron chi connectivity index (χ1n) is 7.26. The van der Waals surface area contributed by atoms with Crippen LogP contribution in [0.3, 0.4) is 0 Å². The first-order chi connectivity index (χ1) is 9.18. The molecule has 0 aliphatic carbocycles. The van der Waals surface area contributed by atoms with Gasteiger partial charge in [-0.05, 0) is 18.8 Å². The van der Waals surface area contributed by atoms with Crippen LogP contribution in [0.25, 0.3) is 0 Å². The summed E-state index contributed by atoms with van der Waals surface area (Å²) in [6.45, 7) is 6.97. The number of hydrogen-bond acceptors (Lipinski definition) is 3. The molecule has 0 saturated carbocycles. The Morgan fingerprint density at radius 1 is 1.47 bits per heavy atom. The minimum absolute atomic E-state index is 0.109. The van der Waals surface area contributed by atoms with Crippen molar-refractivity contribution in [3.8, 4) is 0 Å². The van der Waals surface area contributed by atoms with Gasteiger partial charge in [-0.3, -0.25) is 9.89 Å². The highest BCUT2D eigenvalue weighted by Gasteiger charge is 2.34. The molecule has 5 nitrogen and oxygen atoms in total. The van der Waals surface area contributed by atoms with Gasteiger partial charge in [0.15, 0.2) is 5.69 Å². The number of aromatic amines is 1. The van der Waals surface area contributed by atoms with Crippen LogP contribution < -0.4 is 5.32 Å². The summed E-state index contributed by atoms with van der Waals surface area (Å²) in [6.07, 6.45) is 3.16. The molecule has 0 radical (unpaired) electrons. The minimum Gasteiger partial charge on any atom is -0.334 e. The standard InChI is InChI=1S/C14H22N4O/c1-9(2)12-4-3-7-18(12)14(19)13-10-8-15-6-5-11(10)16-17-13/h9,12,15H,3-8H2,1-2H3,(H,16,17). The molecule has 104 valence electrons. The van der Waals surface area contributed by atoms with Crippen LogP contribution in [0.4, 0.5) is 0 Å². The molecule has 2 aliphatic heterocycles. The van der Waals surface area contributed by atoms with Crippen LogP contribution >= 0.6 is 0 Å². The van der Waals surface area contributed by atoms with E-state index in [9.17, 15) is 4.79 Å². The summed E-state index contributed by atoms with van der Waals surface area (Å²) < 4.78 is 0. The lowest BCUT2D eigenvalue weighted by molar-refractivity contribution is 0.0694. The molecule has 5 heteroatoms. The summed E-state index contributed by atoms with van der Waals surface area (Å²) in [5, 5.41) is 10.6. The second-order valence-electron chi connectivity index (χ2n) is 5.91. The second kappa shape index (κ2) is 4.96. The van der Waals surface area contributed by atoms with Gasteiger partial charge in [0.25, 0.3) is 5.91 Å². The van der Waals surface area contributed by atoms with E-state index in [1.165, 1.54) is 0 Å².